The standard InChI is InChI=1S/C81H46F5N7/c1-87-80-69(92-70-44-52(65-30-14-26-61(88-65)48-18-6-2-7-19-48)34-38-56(70)57-39-35-53(45-71(57)92)66-31-15-27-62(89-66)49-20-8-3-9-21-49)43-42-60(74-75(82)77(84)79(86)78(85)76(74)83)81(80)93-72-46-54(67-32-16-28-63(90-67)50-22-10-4-11-23-50)36-40-58(72)59-41-37-55(47-73(59)93)68-33-17-29-64(91-68)51-24-12-5-13-25-51/h2-47H. The lowest BCUT2D eigenvalue weighted by atomic mass is 9.98. The van der Waals surface area contributed by atoms with Crippen molar-refractivity contribution >= 4 is 49.3 Å². The van der Waals surface area contributed by atoms with Gasteiger partial charge in [-0.25, -0.2) is 46.7 Å². The summed E-state index contributed by atoms with van der Waals surface area (Å²) in [5, 5.41) is 2.87. The third kappa shape index (κ3) is 9.66. The van der Waals surface area contributed by atoms with Gasteiger partial charge < -0.3 is 9.13 Å². The Hall–Kier alpha value is -12.5. The zero-order valence-corrected chi connectivity index (χ0v) is 49.1. The molecule has 0 aliphatic heterocycles. The Morgan fingerprint density at radius 2 is 0.548 bits per heavy atom. The molecule has 12 heteroatoms. The largest absolute Gasteiger partial charge is 0.319 e. The van der Waals surface area contributed by atoms with Gasteiger partial charge >= 0.3 is 0 Å². The summed E-state index contributed by atoms with van der Waals surface area (Å²) in [6.45, 7) is 9.54. The number of pyridine rings is 4. The highest BCUT2D eigenvalue weighted by atomic mass is 19.2. The summed E-state index contributed by atoms with van der Waals surface area (Å²) < 4.78 is 85.4. The Morgan fingerprint density at radius 1 is 0.269 bits per heavy atom. The summed E-state index contributed by atoms with van der Waals surface area (Å²) in [5.74, 6) is -10.7. The van der Waals surface area contributed by atoms with Gasteiger partial charge in [0.25, 0.3) is 0 Å². The van der Waals surface area contributed by atoms with E-state index in [9.17, 15) is 6.57 Å². The van der Waals surface area contributed by atoms with Crippen molar-refractivity contribution in [3.05, 3.63) is 320 Å². The van der Waals surface area contributed by atoms with E-state index in [-0.39, 0.29) is 17.1 Å². The van der Waals surface area contributed by atoms with Crippen LogP contribution in [0.4, 0.5) is 27.6 Å². The fraction of sp³-hybridized carbons (Fsp3) is 0. The predicted molar refractivity (Wildman–Crippen MR) is 361 cm³/mol. The second kappa shape index (κ2) is 22.8. The van der Waals surface area contributed by atoms with Crippen LogP contribution in [0.5, 0.6) is 0 Å². The third-order valence-electron chi connectivity index (χ3n) is 17.2. The highest BCUT2D eigenvalue weighted by Crippen LogP contribution is 2.49. The van der Waals surface area contributed by atoms with E-state index in [1.54, 1.807) is 4.57 Å². The van der Waals surface area contributed by atoms with E-state index in [0.717, 1.165) is 55.5 Å². The fourth-order valence-electron chi connectivity index (χ4n) is 12.8. The van der Waals surface area contributed by atoms with Gasteiger partial charge in [-0.1, -0.05) is 200 Å². The molecule has 0 amide bonds. The molecule has 6 heterocycles. The lowest BCUT2D eigenvalue weighted by Crippen LogP contribution is -2.08. The fourth-order valence-corrected chi connectivity index (χ4v) is 12.8. The normalized spacial score (nSPS) is 11.5. The molecule has 0 N–H and O–H groups in total. The van der Waals surface area contributed by atoms with E-state index in [0.29, 0.717) is 78.1 Å². The van der Waals surface area contributed by atoms with E-state index < -0.39 is 40.2 Å². The zero-order chi connectivity index (χ0) is 62.8. The van der Waals surface area contributed by atoms with E-state index in [1.165, 1.54) is 12.1 Å². The molecule has 0 saturated carbocycles. The van der Waals surface area contributed by atoms with Crippen molar-refractivity contribution in [3.63, 3.8) is 0 Å². The molecule has 0 saturated heterocycles. The molecule has 0 unspecified atom stereocenters. The third-order valence-corrected chi connectivity index (χ3v) is 17.2. The van der Waals surface area contributed by atoms with Crippen LogP contribution >= 0.6 is 0 Å². The smallest absolute Gasteiger partial charge is 0.234 e. The van der Waals surface area contributed by atoms with Crippen LogP contribution in [0, 0.1) is 35.7 Å². The van der Waals surface area contributed by atoms with E-state index in [2.05, 4.69) is 4.85 Å². The maximum absolute atomic E-state index is 17.1. The van der Waals surface area contributed by atoms with Crippen molar-refractivity contribution in [2.45, 2.75) is 0 Å². The molecule has 0 aliphatic carbocycles. The van der Waals surface area contributed by atoms with Crippen molar-refractivity contribution in [2.24, 2.45) is 0 Å². The number of fused-ring (bicyclic) bond motifs is 6. The van der Waals surface area contributed by atoms with E-state index in [1.807, 2.05) is 271 Å². The summed E-state index contributed by atoms with van der Waals surface area (Å²) >= 11 is 0. The lowest BCUT2D eigenvalue weighted by molar-refractivity contribution is 0.381. The first-order valence-corrected chi connectivity index (χ1v) is 30.0. The molecule has 10 aromatic carbocycles. The molecular weight excluding hydrogens is 1170 g/mol. The minimum atomic E-state index is -2.32. The van der Waals surface area contributed by atoms with Gasteiger partial charge in [-0.3, -0.25) is 0 Å². The molecule has 16 aromatic rings. The first-order valence-electron chi connectivity index (χ1n) is 30.0. The molecule has 0 aliphatic rings. The molecular formula is C81H46F5N7. The number of benzene rings is 10. The van der Waals surface area contributed by atoms with Crippen molar-refractivity contribution in [2.75, 3.05) is 0 Å². The van der Waals surface area contributed by atoms with Crippen LogP contribution in [0.1, 0.15) is 0 Å². The minimum absolute atomic E-state index is 0.159. The average Bonchev–Trinajstić information content (AvgIpc) is 1.62. The first-order chi connectivity index (χ1) is 45.6. The van der Waals surface area contributed by atoms with Gasteiger partial charge in [0.15, 0.2) is 23.3 Å². The average molecular weight is 1210 g/mol. The number of halogens is 5. The van der Waals surface area contributed by atoms with Crippen LogP contribution in [-0.4, -0.2) is 29.1 Å². The maximum Gasteiger partial charge on any atom is 0.234 e. The van der Waals surface area contributed by atoms with Gasteiger partial charge in [-0.15, -0.1) is 0 Å². The number of aromatic nitrogens is 6. The quantitative estimate of drug-likeness (QED) is 0.0560. The number of rotatable bonds is 11. The SMILES string of the molecule is [C-]#[N+]c1c(-n2c3cc(-c4cccc(-c5ccccc5)n4)ccc3c3ccc(-c4cccc(-c5ccccc5)n4)cc32)ccc(-c2c(F)c(F)c(F)c(F)c2F)c1-n1c2cc(-c3cccc(-c4ccccc4)n3)ccc2c2ccc(-c3cccc(-c4ccccc4)n3)cc21. The summed E-state index contributed by atoms with van der Waals surface area (Å²) in [6, 6.07) is 88.5. The Labute approximate surface area is 529 Å². The summed E-state index contributed by atoms with van der Waals surface area (Å²) in [5.41, 5.74) is 12.1. The Bertz CT molecular complexity index is 5400. The van der Waals surface area contributed by atoms with Crippen LogP contribution in [0.2, 0.25) is 0 Å². The lowest BCUT2D eigenvalue weighted by Gasteiger charge is -2.21. The Balaban J connectivity index is 1.02. The van der Waals surface area contributed by atoms with Crippen LogP contribution < -0.4 is 0 Å². The number of hydrogen-bond donors (Lipinski definition) is 0. The first kappa shape index (κ1) is 55.8. The number of hydrogen-bond acceptors (Lipinski definition) is 4. The molecule has 0 radical (unpaired) electrons. The maximum atomic E-state index is 17.1. The monoisotopic (exact) mass is 1210 g/mol. The van der Waals surface area contributed by atoms with Crippen molar-refractivity contribution < 1.29 is 22.0 Å². The van der Waals surface area contributed by atoms with Gasteiger partial charge in [0.1, 0.15) is 0 Å². The predicted octanol–water partition coefficient (Wildman–Crippen LogP) is 21.7. The molecule has 16 rings (SSSR count). The highest BCUT2D eigenvalue weighted by molar-refractivity contribution is 6.14. The second-order valence-electron chi connectivity index (χ2n) is 22.6. The van der Waals surface area contributed by atoms with Gasteiger partial charge in [-0.2, -0.15) is 0 Å². The van der Waals surface area contributed by atoms with E-state index >= 15 is 22.0 Å². The second-order valence-corrected chi connectivity index (χ2v) is 22.6. The van der Waals surface area contributed by atoms with Crippen LogP contribution in [0.3, 0.4) is 0 Å². The molecule has 0 fully saturated rings. The molecule has 93 heavy (non-hydrogen) atoms. The highest BCUT2D eigenvalue weighted by Gasteiger charge is 2.32. The van der Waals surface area contributed by atoms with Gasteiger partial charge in [0.2, 0.25) is 11.5 Å². The summed E-state index contributed by atoms with van der Waals surface area (Å²) in [7, 11) is 0. The Morgan fingerprint density at radius 3 is 0.849 bits per heavy atom. The van der Waals surface area contributed by atoms with E-state index in [4.69, 9.17) is 19.9 Å². The summed E-state index contributed by atoms with van der Waals surface area (Å²) in [4.78, 5) is 24.9. The molecule has 6 aromatic heterocycles. The van der Waals surface area contributed by atoms with Gasteiger partial charge in [0, 0.05) is 71.6 Å². The minimum Gasteiger partial charge on any atom is -0.319 e. The van der Waals surface area contributed by atoms with Crippen molar-refractivity contribution in [1.82, 2.24) is 29.1 Å². The summed E-state index contributed by atoms with van der Waals surface area (Å²) in [6.07, 6.45) is 0. The topological polar surface area (TPSA) is 65.8 Å². The molecule has 0 spiro atoms. The van der Waals surface area contributed by atoms with Crippen molar-refractivity contribution in [1.29, 1.82) is 0 Å². The van der Waals surface area contributed by atoms with Gasteiger partial charge in [0.05, 0.1) is 91.1 Å². The van der Waals surface area contributed by atoms with Crippen molar-refractivity contribution in [3.8, 4) is 113 Å². The molecule has 0 atom stereocenters. The number of nitrogens with zero attached hydrogens (tertiary/aromatic N) is 7. The molecule has 440 valence electrons. The van der Waals surface area contributed by atoms with Gasteiger partial charge in [-0.05, 0) is 78.9 Å². The zero-order valence-electron chi connectivity index (χ0n) is 49.1. The Kier molecular flexibility index (Phi) is 13.7. The van der Waals surface area contributed by atoms with Crippen LogP contribution in [-0.2, 0) is 0 Å². The van der Waals surface area contributed by atoms with Crippen LogP contribution in [0.15, 0.2) is 279 Å². The van der Waals surface area contributed by atoms with Crippen LogP contribution in [0.25, 0.3) is 161 Å². The molecule has 0 bridgehead atoms. The molecule has 7 nitrogen and oxygen atoms in total.